The van der Waals surface area contributed by atoms with Gasteiger partial charge in [-0.1, -0.05) is 0 Å². The highest BCUT2D eigenvalue weighted by molar-refractivity contribution is 5.79. The molecule has 4 N–H and O–H groups in total. The average molecular weight is 285 g/mol. The van der Waals surface area contributed by atoms with Crippen LogP contribution >= 0.6 is 0 Å². The van der Waals surface area contributed by atoms with Crippen molar-refractivity contribution in [3.63, 3.8) is 0 Å². The van der Waals surface area contributed by atoms with E-state index in [1.807, 2.05) is 0 Å². The number of carbonyl (C=O) groups is 3. The summed E-state index contributed by atoms with van der Waals surface area (Å²) in [5, 5.41) is 11.7. The fraction of sp³-hybridized carbons (Fsp3) is 0.750. The van der Waals surface area contributed by atoms with E-state index in [-0.39, 0.29) is 31.1 Å². The number of carbonyl (C=O) groups excluding carboxylic acids is 2. The molecule has 0 aromatic carbocycles. The number of rotatable bonds is 3. The number of hydrogen-bond donors (Lipinski definition) is 3. The number of piperidine rings is 1. The molecule has 2 fully saturated rings. The Morgan fingerprint density at radius 2 is 1.85 bits per heavy atom. The molecule has 112 valence electrons. The van der Waals surface area contributed by atoms with Crippen molar-refractivity contribution in [1.29, 1.82) is 0 Å². The molecule has 3 amide bonds. The summed E-state index contributed by atoms with van der Waals surface area (Å²) in [6, 6.07) is -0.816. The van der Waals surface area contributed by atoms with Crippen LogP contribution in [0.5, 0.6) is 0 Å². The molecule has 20 heavy (non-hydrogen) atoms. The zero-order chi connectivity index (χ0) is 14.7. The second-order valence-electron chi connectivity index (χ2n) is 5.20. The maximum Gasteiger partial charge on any atom is 0.317 e. The Bertz CT molecular complexity index is 406. The number of nitrogens with one attached hydrogen (secondary N) is 1. The van der Waals surface area contributed by atoms with Crippen LogP contribution in [-0.2, 0) is 14.3 Å². The Kier molecular flexibility index (Phi) is 4.43. The first-order valence-corrected chi connectivity index (χ1v) is 6.64. The molecule has 8 heteroatoms. The van der Waals surface area contributed by atoms with E-state index in [9.17, 15) is 14.4 Å². The lowest BCUT2D eigenvalue weighted by Gasteiger charge is -2.31. The van der Waals surface area contributed by atoms with E-state index in [4.69, 9.17) is 15.6 Å². The quantitative estimate of drug-likeness (QED) is 0.613. The minimum absolute atomic E-state index is 0.115. The Morgan fingerprint density at radius 1 is 1.20 bits per heavy atom. The highest BCUT2D eigenvalue weighted by atomic mass is 16.5. The average Bonchev–Trinajstić information content (AvgIpc) is 2.87. The van der Waals surface area contributed by atoms with Gasteiger partial charge in [-0.05, 0) is 12.8 Å². The van der Waals surface area contributed by atoms with E-state index in [1.165, 1.54) is 0 Å². The Labute approximate surface area is 116 Å². The molecule has 0 spiro atoms. The summed E-state index contributed by atoms with van der Waals surface area (Å²) in [5.41, 5.74) is 5.23. The van der Waals surface area contributed by atoms with E-state index in [0.717, 1.165) is 0 Å². The number of ether oxygens (including phenoxy) is 1. The van der Waals surface area contributed by atoms with Gasteiger partial charge >= 0.3 is 12.0 Å². The Hall–Kier alpha value is -1.83. The van der Waals surface area contributed by atoms with Crippen LogP contribution in [0.1, 0.15) is 12.8 Å². The zero-order valence-corrected chi connectivity index (χ0v) is 11.1. The third-order valence-electron chi connectivity index (χ3n) is 3.89. The van der Waals surface area contributed by atoms with Crippen molar-refractivity contribution < 1.29 is 24.2 Å². The van der Waals surface area contributed by atoms with Gasteiger partial charge in [0, 0.05) is 19.0 Å². The highest BCUT2D eigenvalue weighted by Crippen LogP contribution is 2.18. The molecule has 2 unspecified atom stereocenters. The molecule has 0 aliphatic carbocycles. The summed E-state index contributed by atoms with van der Waals surface area (Å²) in [4.78, 5) is 35.7. The summed E-state index contributed by atoms with van der Waals surface area (Å²) in [6.07, 6.45) is 1.10. The van der Waals surface area contributed by atoms with Crippen molar-refractivity contribution >= 4 is 17.9 Å². The van der Waals surface area contributed by atoms with Gasteiger partial charge in [-0.25, -0.2) is 4.79 Å². The van der Waals surface area contributed by atoms with Gasteiger partial charge in [0.2, 0.25) is 5.91 Å². The lowest BCUT2D eigenvalue weighted by molar-refractivity contribution is -0.142. The number of carboxylic acids is 1. The number of hydrogen-bond acceptors (Lipinski definition) is 4. The van der Waals surface area contributed by atoms with Crippen molar-refractivity contribution in [3.8, 4) is 0 Å². The van der Waals surface area contributed by atoms with Gasteiger partial charge in [0.15, 0.2) is 0 Å². The molecule has 0 aromatic heterocycles. The number of primary amides is 1. The second kappa shape index (κ2) is 6.08. The fourth-order valence-corrected chi connectivity index (χ4v) is 2.56. The van der Waals surface area contributed by atoms with Crippen LogP contribution in [0.15, 0.2) is 0 Å². The van der Waals surface area contributed by atoms with Crippen molar-refractivity contribution in [2.45, 2.75) is 18.9 Å². The van der Waals surface area contributed by atoms with E-state index in [1.54, 1.807) is 4.90 Å². The first-order valence-electron chi connectivity index (χ1n) is 6.64. The smallest absolute Gasteiger partial charge is 0.317 e. The molecule has 2 aliphatic heterocycles. The van der Waals surface area contributed by atoms with Gasteiger partial charge in [-0.2, -0.15) is 0 Å². The Morgan fingerprint density at radius 3 is 2.40 bits per heavy atom. The number of nitrogens with zero attached hydrogens (tertiary/aromatic N) is 1. The van der Waals surface area contributed by atoms with Crippen molar-refractivity contribution in [3.05, 3.63) is 0 Å². The van der Waals surface area contributed by atoms with Crippen molar-refractivity contribution in [1.82, 2.24) is 10.2 Å². The van der Waals surface area contributed by atoms with Crippen molar-refractivity contribution in [2.24, 2.45) is 17.6 Å². The fourth-order valence-electron chi connectivity index (χ4n) is 2.56. The number of carboxylic acid groups (broad SMARTS) is 1. The number of nitrogens with two attached hydrogens (primary N) is 1. The normalized spacial score (nSPS) is 27.3. The predicted octanol–water partition coefficient (Wildman–Crippen LogP) is -1.01. The van der Waals surface area contributed by atoms with Gasteiger partial charge in [0.05, 0.1) is 19.3 Å². The van der Waals surface area contributed by atoms with Crippen LogP contribution in [0.25, 0.3) is 0 Å². The van der Waals surface area contributed by atoms with E-state index in [0.29, 0.717) is 25.9 Å². The third kappa shape index (κ3) is 3.19. The monoisotopic (exact) mass is 285 g/mol. The molecule has 0 radical (unpaired) electrons. The SMILES string of the molecule is NC(=O)C1CCN(C(=O)NC2COCC2C(=O)O)CC1. The molecule has 2 saturated heterocycles. The molecule has 2 heterocycles. The minimum atomic E-state index is -0.972. The third-order valence-corrected chi connectivity index (χ3v) is 3.89. The predicted molar refractivity (Wildman–Crippen MR) is 67.8 cm³/mol. The standard InChI is InChI=1S/C12H19N3O5/c13-10(16)7-1-3-15(4-2-7)12(19)14-9-6-20-5-8(9)11(17)18/h7-9H,1-6H2,(H2,13,16)(H,14,19)(H,17,18). The molecular formula is C12H19N3O5. The summed E-state index contributed by atoms with van der Waals surface area (Å²) in [5.74, 6) is -2.19. The molecular weight excluding hydrogens is 266 g/mol. The summed E-state index contributed by atoms with van der Waals surface area (Å²) in [7, 11) is 0. The Balaban J connectivity index is 1.84. The highest BCUT2D eigenvalue weighted by Gasteiger charge is 2.36. The summed E-state index contributed by atoms with van der Waals surface area (Å²) >= 11 is 0. The van der Waals surface area contributed by atoms with Gasteiger partial charge in [-0.15, -0.1) is 0 Å². The van der Waals surface area contributed by atoms with Gasteiger partial charge in [0.25, 0.3) is 0 Å². The topological polar surface area (TPSA) is 122 Å². The van der Waals surface area contributed by atoms with Crippen LogP contribution in [0.2, 0.25) is 0 Å². The summed E-state index contributed by atoms with van der Waals surface area (Å²) < 4.78 is 5.09. The molecule has 2 atom stereocenters. The van der Waals surface area contributed by atoms with Crippen LogP contribution in [0, 0.1) is 11.8 Å². The van der Waals surface area contributed by atoms with Gasteiger partial charge in [-0.3, -0.25) is 9.59 Å². The van der Waals surface area contributed by atoms with E-state index in [2.05, 4.69) is 5.32 Å². The van der Waals surface area contributed by atoms with Gasteiger partial charge < -0.3 is 25.8 Å². The van der Waals surface area contributed by atoms with Crippen LogP contribution in [0.3, 0.4) is 0 Å². The number of urea groups is 1. The van der Waals surface area contributed by atoms with Crippen LogP contribution < -0.4 is 11.1 Å². The second-order valence-corrected chi connectivity index (χ2v) is 5.20. The molecule has 2 rings (SSSR count). The lowest BCUT2D eigenvalue weighted by Crippen LogP contribution is -2.51. The number of likely N-dealkylation sites (tertiary alicyclic amines) is 1. The van der Waals surface area contributed by atoms with Crippen LogP contribution in [-0.4, -0.2) is 60.3 Å². The molecule has 0 aromatic rings. The first kappa shape index (κ1) is 14.6. The molecule has 0 saturated carbocycles. The minimum Gasteiger partial charge on any atom is -0.481 e. The lowest BCUT2D eigenvalue weighted by atomic mass is 9.96. The maximum absolute atomic E-state index is 12.0. The van der Waals surface area contributed by atoms with Crippen LogP contribution in [0.4, 0.5) is 4.79 Å². The number of amides is 3. The molecule has 2 aliphatic rings. The van der Waals surface area contributed by atoms with E-state index < -0.39 is 17.9 Å². The van der Waals surface area contributed by atoms with Crippen molar-refractivity contribution in [2.75, 3.05) is 26.3 Å². The number of aliphatic carboxylic acids is 1. The molecule has 0 bridgehead atoms. The van der Waals surface area contributed by atoms with E-state index >= 15 is 0 Å². The molecule has 8 nitrogen and oxygen atoms in total. The van der Waals surface area contributed by atoms with Gasteiger partial charge in [0.1, 0.15) is 5.92 Å². The first-order chi connectivity index (χ1) is 9.49. The zero-order valence-electron chi connectivity index (χ0n) is 11.1. The maximum atomic E-state index is 12.0. The summed E-state index contributed by atoms with van der Waals surface area (Å²) in [6.45, 7) is 1.22. The largest absolute Gasteiger partial charge is 0.481 e.